The molecule has 30 heavy (non-hydrogen) atoms. The second-order valence-electron chi connectivity index (χ2n) is 8.07. The van der Waals surface area contributed by atoms with Crippen LogP contribution in [0.25, 0.3) is 0 Å². The number of halogens is 1. The molecule has 1 atom stereocenters. The van der Waals surface area contributed by atoms with E-state index in [1.165, 1.54) is 23.3 Å². The van der Waals surface area contributed by atoms with Crippen molar-refractivity contribution in [3.8, 4) is 5.75 Å². The predicted octanol–water partition coefficient (Wildman–Crippen LogP) is 3.31. The number of benzene rings is 2. The van der Waals surface area contributed by atoms with E-state index < -0.39 is 0 Å². The molecule has 1 aliphatic rings. The summed E-state index contributed by atoms with van der Waals surface area (Å²) < 4.78 is 19.0. The number of methoxy groups -OCH3 is 1. The maximum atomic E-state index is 13.6. The summed E-state index contributed by atoms with van der Waals surface area (Å²) in [5, 5.41) is 0. The summed E-state index contributed by atoms with van der Waals surface area (Å²) in [5.41, 5.74) is 3.23. The van der Waals surface area contributed by atoms with Gasteiger partial charge in [-0.05, 0) is 43.2 Å². The third-order valence-electron chi connectivity index (χ3n) is 5.99. The fraction of sp³-hybridized carbons (Fsp3) is 0.458. The molecular weight excluding hydrogens is 381 g/mol. The minimum absolute atomic E-state index is 0.138. The SMILES string of the molecule is COc1ccc(F)cc1CN1CCN(C(C)C(=O)N(C)Cc2ccccc2C)CC1. The van der Waals surface area contributed by atoms with Gasteiger partial charge in [-0.3, -0.25) is 14.6 Å². The maximum absolute atomic E-state index is 13.6. The second-order valence-corrected chi connectivity index (χ2v) is 8.07. The van der Waals surface area contributed by atoms with E-state index in [2.05, 4.69) is 28.9 Å². The van der Waals surface area contributed by atoms with Crippen LogP contribution in [0.3, 0.4) is 0 Å². The molecule has 0 saturated carbocycles. The van der Waals surface area contributed by atoms with Gasteiger partial charge >= 0.3 is 0 Å². The number of ether oxygens (including phenoxy) is 1. The van der Waals surface area contributed by atoms with Crippen molar-refractivity contribution >= 4 is 5.91 Å². The van der Waals surface area contributed by atoms with E-state index in [0.717, 1.165) is 31.7 Å². The summed E-state index contributed by atoms with van der Waals surface area (Å²) in [5.74, 6) is 0.596. The zero-order valence-electron chi connectivity index (χ0n) is 18.4. The van der Waals surface area contributed by atoms with E-state index in [0.29, 0.717) is 18.8 Å². The van der Waals surface area contributed by atoms with Crippen LogP contribution >= 0.6 is 0 Å². The molecule has 0 spiro atoms. The zero-order valence-corrected chi connectivity index (χ0v) is 18.4. The number of nitrogens with zero attached hydrogens (tertiary/aromatic N) is 3. The summed E-state index contributed by atoms with van der Waals surface area (Å²) in [6.45, 7) is 8.61. The number of hydrogen-bond acceptors (Lipinski definition) is 4. The van der Waals surface area contributed by atoms with Gasteiger partial charge in [0.25, 0.3) is 0 Å². The fourth-order valence-corrected chi connectivity index (χ4v) is 4.02. The highest BCUT2D eigenvalue weighted by molar-refractivity contribution is 5.81. The highest BCUT2D eigenvalue weighted by Crippen LogP contribution is 2.22. The van der Waals surface area contributed by atoms with Crippen molar-refractivity contribution < 1.29 is 13.9 Å². The number of carbonyl (C=O) groups is 1. The molecule has 0 N–H and O–H groups in total. The van der Waals surface area contributed by atoms with Crippen LogP contribution in [0.2, 0.25) is 0 Å². The van der Waals surface area contributed by atoms with Crippen molar-refractivity contribution in [2.24, 2.45) is 0 Å². The molecule has 1 fully saturated rings. The van der Waals surface area contributed by atoms with Gasteiger partial charge in [-0.25, -0.2) is 4.39 Å². The molecule has 0 radical (unpaired) electrons. The van der Waals surface area contributed by atoms with Gasteiger partial charge in [0.05, 0.1) is 13.2 Å². The molecule has 2 aromatic rings. The van der Waals surface area contributed by atoms with Gasteiger partial charge in [0.1, 0.15) is 11.6 Å². The third-order valence-corrected chi connectivity index (χ3v) is 5.99. The molecule has 2 aromatic carbocycles. The van der Waals surface area contributed by atoms with Crippen molar-refractivity contribution in [2.45, 2.75) is 33.0 Å². The molecular formula is C24H32FN3O2. The smallest absolute Gasteiger partial charge is 0.239 e. The monoisotopic (exact) mass is 413 g/mol. The average Bonchev–Trinajstić information content (AvgIpc) is 2.75. The Morgan fingerprint density at radius 1 is 1.13 bits per heavy atom. The van der Waals surface area contributed by atoms with Crippen LogP contribution in [0, 0.1) is 12.7 Å². The van der Waals surface area contributed by atoms with Crippen molar-refractivity contribution in [1.82, 2.24) is 14.7 Å². The Balaban J connectivity index is 1.53. The first-order valence-electron chi connectivity index (χ1n) is 10.5. The van der Waals surface area contributed by atoms with Crippen LogP contribution < -0.4 is 4.74 Å². The fourth-order valence-electron chi connectivity index (χ4n) is 4.02. The van der Waals surface area contributed by atoms with Crippen LogP contribution in [0.15, 0.2) is 42.5 Å². The molecule has 162 valence electrons. The minimum Gasteiger partial charge on any atom is -0.496 e. The maximum Gasteiger partial charge on any atom is 0.239 e. The Labute approximate surface area is 179 Å². The topological polar surface area (TPSA) is 36.0 Å². The van der Waals surface area contributed by atoms with Crippen molar-refractivity contribution in [2.75, 3.05) is 40.3 Å². The lowest BCUT2D eigenvalue weighted by molar-refractivity contribution is -0.136. The lowest BCUT2D eigenvalue weighted by atomic mass is 10.1. The van der Waals surface area contributed by atoms with Gasteiger partial charge < -0.3 is 9.64 Å². The molecule has 1 heterocycles. The number of carbonyl (C=O) groups excluding carboxylic acids is 1. The highest BCUT2D eigenvalue weighted by Gasteiger charge is 2.28. The van der Waals surface area contributed by atoms with E-state index >= 15 is 0 Å². The Hall–Kier alpha value is -2.44. The minimum atomic E-state index is -0.250. The van der Waals surface area contributed by atoms with Gasteiger partial charge in [0, 0.05) is 51.9 Å². The van der Waals surface area contributed by atoms with Gasteiger partial charge in [0.2, 0.25) is 5.91 Å². The normalized spacial score (nSPS) is 16.3. The molecule has 1 amide bonds. The average molecular weight is 414 g/mol. The Morgan fingerprint density at radius 2 is 1.83 bits per heavy atom. The third kappa shape index (κ3) is 5.37. The van der Waals surface area contributed by atoms with E-state index in [-0.39, 0.29) is 17.8 Å². The summed E-state index contributed by atoms with van der Waals surface area (Å²) in [7, 11) is 3.48. The first-order chi connectivity index (χ1) is 14.4. The summed E-state index contributed by atoms with van der Waals surface area (Å²) in [6, 6.07) is 12.6. The summed E-state index contributed by atoms with van der Waals surface area (Å²) in [6.07, 6.45) is 0. The molecule has 0 bridgehead atoms. The Bertz CT molecular complexity index is 865. The molecule has 1 aliphatic heterocycles. The summed E-state index contributed by atoms with van der Waals surface area (Å²) >= 11 is 0. The number of amides is 1. The zero-order chi connectivity index (χ0) is 21.7. The van der Waals surface area contributed by atoms with Crippen molar-refractivity contribution in [1.29, 1.82) is 0 Å². The Kier molecular flexibility index (Phi) is 7.45. The number of rotatable bonds is 7. The standard InChI is InChI=1S/C24H32FN3O2/c1-18-7-5-6-8-20(18)16-26(3)24(29)19(2)28-13-11-27(12-14-28)17-21-15-22(25)9-10-23(21)30-4/h5-10,15,19H,11-14,16-17H2,1-4H3. The second kappa shape index (κ2) is 10.0. The molecule has 0 aromatic heterocycles. The first-order valence-corrected chi connectivity index (χ1v) is 10.5. The molecule has 6 heteroatoms. The number of piperazine rings is 1. The van der Waals surface area contributed by atoms with Crippen LogP contribution in [0.5, 0.6) is 5.75 Å². The van der Waals surface area contributed by atoms with Crippen LogP contribution in [-0.4, -0.2) is 67.0 Å². The summed E-state index contributed by atoms with van der Waals surface area (Å²) in [4.78, 5) is 19.3. The molecule has 0 aliphatic carbocycles. The predicted molar refractivity (Wildman–Crippen MR) is 117 cm³/mol. The largest absolute Gasteiger partial charge is 0.496 e. The van der Waals surface area contributed by atoms with Crippen molar-refractivity contribution in [3.05, 3.63) is 65.0 Å². The molecule has 1 saturated heterocycles. The van der Waals surface area contributed by atoms with Crippen molar-refractivity contribution in [3.63, 3.8) is 0 Å². The number of aryl methyl sites for hydroxylation is 1. The number of likely N-dealkylation sites (N-methyl/N-ethyl adjacent to an activating group) is 1. The van der Waals surface area contributed by atoms with Gasteiger partial charge in [-0.15, -0.1) is 0 Å². The lowest BCUT2D eigenvalue weighted by Crippen LogP contribution is -2.53. The molecule has 3 rings (SSSR count). The van der Waals surface area contributed by atoms with Crippen LogP contribution in [0.4, 0.5) is 4.39 Å². The Morgan fingerprint density at radius 3 is 2.50 bits per heavy atom. The van der Waals surface area contributed by atoms with Crippen LogP contribution in [0.1, 0.15) is 23.6 Å². The quantitative estimate of drug-likeness (QED) is 0.698. The lowest BCUT2D eigenvalue weighted by Gasteiger charge is -2.38. The number of hydrogen-bond donors (Lipinski definition) is 0. The van der Waals surface area contributed by atoms with Gasteiger partial charge in [-0.1, -0.05) is 24.3 Å². The molecule has 5 nitrogen and oxygen atoms in total. The van der Waals surface area contributed by atoms with E-state index in [1.54, 1.807) is 13.2 Å². The first kappa shape index (κ1) is 22.2. The van der Waals surface area contributed by atoms with Crippen LogP contribution in [-0.2, 0) is 17.9 Å². The van der Waals surface area contributed by atoms with Gasteiger partial charge in [0.15, 0.2) is 0 Å². The van der Waals surface area contributed by atoms with E-state index in [9.17, 15) is 9.18 Å². The van der Waals surface area contributed by atoms with E-state index in [1.807, 2.05) is 31.0 Å². The van der Waals surface area contributed by atoms with Gasteiger partial charge in [-0.2, -0.15) is 0 Å². The van der Waals surface area contributed by atoms with E-state index in [4.69, 9.17) is 4.74 Å². The highest BCUT2D eigenvalue weighted by atomic mass is 19.1. The molecule has 1 unspecified atom stereocenters.